The van der Waals surface area contributed by atoms with Gasteiger partial charge in [0.25, 0.3) is 5.91 Å². The SMILES string of the molecule is C=C(C(=O)N1CCCC(C(=O)N2CCC(C#N)(c3ccccc3CCC(=O)NS(C)=O)CC2)C1CCC)/C(=C\C=N)C(F)(F)F. The normalized spacial score (nSPS) is 20.9. The number of hydrogen-bond donors (Lipinski definition) is 2. The lowest BCUT2D eigenvalue weighted by Gasteiger charge is -2.45. The smallest absolute Gasteiger partial charge is 0.342 e. The summed E-state index contributed by atoms with van der Waals surface area (Å²) in [6, 6.07) is 9.24. The Bertz CT molecular complexity index is 1400. The number of alkyl halides is 3. The van der Waals surface area contributed by atoms with Crippen LogP contribution in [0, 0.1) is 22.7 Å². The van der Waals surface area contributed by atoms with Gasteiger partial charge >= 0.3 is 6.18 Å². The topological polar surface area (TPSA) is 134 Å². The molecular formula is C32H40F3N5O4S. The van der Waals surface area contributed by atoms with Crippen LogP contribution >= 0.6 is 0 Å². The summed E-state index contributed by atoms with van der Waals surface area (Å²) < 4.78 is 54.6. The second kappa shape index (κ2) is 15.5. The number of aryl methyl sites for hydroxylation is 1. The number of benzene rings is 1. The number of amides is 3. The second-order valence-electron chi connectivity index (χ2n) is 11.5. The third-order valence-corrected chi connectivity index (χ3v) is 9.15. The molecule has 2 aliphatic rings. The molecule has 1 aromatic carbocycles. The van der Waals surface area contributed by atoms with Crippen LogP contribution in [0.2, 0.25) is 0 Å². The molecule has 3 unspecified atom stereocenters. The fourth-order valence-corrected chi connectivity index (χ4v) is 6.86. The standard InChI is InChI=1S/C32H40F3N5O4S/c1-4-8-27-24(10-7-18-40(27)29(42)22(2)25(14-17-36)32(33,34)35)30(43)39-19-15-31(21-37,16-20-39)26-11-6-5-9-23(26)12-13-28(41)38-45(3)44/h5-6,9,11,14,17,24,27,36H,2,4,7-8,10,12-13,15-16,18-20H2,1,3H3,(H,38,41)/b25-14+,36-17?. The van der Waals surface area contributed by atoms with Crippen molar-refractivity contribution in [2.24, 2.45) is 5.92 Å². The zero-order chi connectivity index (χ0) is 33.4. The van der Waals surface area contributed by atoms with Crippen molar-refractivity contribution >= 4 is 34.9 Å². The highest BCUT2D eigenvalue weighted by Gasteiger charge is 2.45. The van der Waals surface area contributed by atoms with Crippen LogP contribution in [-0.2, 0) is 37.2 Å². The molecule has 0 aliphatic carbocycles. The highest BCUT2D eigenvalue weighted by Crippen LogP contribution is 2.39. The Kier molecular flexibility index (Phi) is 12.3. The van der Waals surface area contributed by atoms with E-state index in [4.69, 9.17) is 5.41 Å². The van der Waals surface area contributed by atoms with Crippen LogP contribution < -0.4 is 4.72 Å². The van der Waals surface area contributed by atoms with E-state index in [1.165, 1.54) is 11.2 Å². The summed E-state index contributed by atoms with van der Waals surface area (Å²) in [5, 5.41) is 17.5. The summed E-state index contributed by atoms with van der Waals surface area (Å²) >= 11 is 0. The van der Waals surface area contributed by atoms with Gasteiger partial charge in [0, 0.05) is 50.1 Å². The number of carbonyl (C=O) groups is 3. The average Bonchev–Trinajstić information content (AvgIpc) is 3.01. The van der Waals surface area contributed by atoms with E-state index in [0.717, 1.165) is 11.1 Å². The van der Waals surface area contributed by atoms with Crippen LogP contribution in [0.3, 0.4) is 0 Å². The lowest BCUT2D eigenvalue weighted by molar-refractivity contribution is -0.145. The van der Waals surface area contributed by atoms with Crippen molar-refractivity contribution in [2.45, 2.75) is 75.9 Å². The minimum atomic E-state index is -4.86. The second-order valence-corrected chi connectivity index (χ2v) is 12.6. The van der Waals surface area contributed by atoms with Crippen molar-refractivity contribution in [3.8, 4) is 6.07 Å². The van der Waals surface area contributed by atoms with Gasteiger partial charge in [-0.25, -0.2) is 4.21 Å². The molecule has 2 N–H and O–H groups in total. The number of nitrogens with one attached hydrogen (secondary N) is 2. The molecule has 45 heavy (non-hydrogen) atoms. The monoisotopic (exact) mass is 647 g/mol. The van der Waals surface area contributed by atoms with Crippen molar-refractivity contribution in [1.82, 2.24) is 14.5 Å². The lowest BCUT2D eigenvalue weighted by Crippen LogP contribution is -2.55. The highest BCUT2D eigenvalue weighted by atomic mass is 32.2. The van der Waals surface area contributed by atoms with Gasteiger partial charge in [0.2, 0.25) is 11.8 Å². The van der Waals surface area contributed by atoms with Crippen LogP contribution in [0.15, 0.2) is 48.1 Å². The van der Waals surface area contributed by atoms with Crippen molar-refractivity contribution < 1.29 is 31.8 Å². The quantitative estimate of drug-likeness (QED) is 0.207. The molecule has 0 spiro atoms. The van der Waals surface area contributed by atoms with E-state index in [1.54, 1.807) is 4.90 Å². The van der Waals surface area contributed by atoms with Gasteiger partial charge in [-0.05, 0) is 55.7 Å². The molecule has 2 saturated heterocycles. The van der Waals surface area contributed by atoms with E-state index < -0.39 is 51.6 Å². The lowest BCUT2D eigenvalue weighted by atomic mass is 9.71. The maximum absolute atomic E-state index is 13.9. The van der Waals surface area contributed by atoms with Gasteiger partial charge in [-0.2, -0.15) is 18.4 Å². The maximum atomic E-state index is 13.9. The summed E-state index contributed by atoms with van der Waals surface area (Å²) in [6.07, 6.45) is 0.598. The number of piperidine rings is 2. The largest absolute Gasteiger partial charge is 0.417 e. The molecule has 3 rings (SSSR count). The van der Waals surface area contributed by atoms with Crippen LogP contribution in [0.4, 0.5) is 13.2 Å². The van der Waals surface area contributed by atoms with Gasteiger partial charge in [-0.15, -0.1) is 0 Å². The summed E-state index contributed by atoms with van der Waals surface area (Å²) in [7, 11) is -1.47. The Labute approximate surface area is 264 Å². The van der Waals surface area contributed by atoms with E-state index in [2.05, 4.69) is 17.4 Å². The fourth-order valence-electron chi connectivity index (χ4n) is 6.44. The number of hydrogen-bond acceptors (Lipinski definition) is 6. The van der Waals surface area contributed by atoms with Gasteiger partial charge < -0.3 is 15.2 Å². The Hall–Kier alpha value is -3.79. The Morgan fingerprint density at radius 1 is 1.22 bits per heavy atom. The van der Waals surface area contributed by atoms with Crippen LogP contribution in [0.25, 0.3) is 0 Å². The zero-order valence-electron chi connectivity index (χ0n) is 25.6. The van der Waals surface area contributed by atoms with Crippen LogP contribution in [0.1, 0.15) is 63.0 Å². The summed E-state index contributed by atoms with van der Waals surface area (Å²) in [4.78, 5) is 42.4. The van der Waals surface area contributed by atoms with Crippen molar-refractivity contribution in [2.75, 3.05) is 25.9 Å². The van der Waals surface area contributed by atoms with Crippen LogP contribution in [-0.4, -0.2) is 76.1 Å². The highest BCUT2D eigenvalue weighted by molar-refractivity contribution is 7.82. The third kappa shape index (κ3) is 8.48. The number of carbonyl (C=O) groups excluding carboxylic acids is 3. The molecule has 3 atom stereocenters. The summed E-state index contributed by atoms with van der Waals surface area (Å²) in [6.45, 7) is 6.07. The van der Waals surface area contributed by atoms with Crippen molar-refractivity contribution in [3.05, 3.63) is 59.2 Å². The first kappa shape index (κ1) is 35.7. The zero-order valence-corrected chi connectivity index (χ0v) is 26.4. The molecule has 13 heteroatoms. The maximum Gasteiger partial charge on any atom is 0.417 e. The Morgan fingerprint density at radius 2 is 1.89 bits per heavy atom. The number of halogens is 3. The molecule has 0 aromatic heterocycles. The molecule has 2 heterocycles. The minimum absolute atomic E-state index is 0.104. The van der Waals surface area contributed by atoms with Gasteiger partial charge in [-0.1, -0.05) is 44.2 Å². The molecular weight excluding hydrogens is 607 g/mol. The van der Waals surface area contributed by atoms with Gasteiger partial charge in [0.15, 0.2) is 0 Å². The van der Waals surface area contributed by atoms with E-state index in [9.17, 15) is 37.0 Å². The molecule has 2 aliphatic heterocycles. The van der Waals surface area contributed by atoms with E-state index in [0.29, 0.717) is 57.2 Å². The number of nitriles is 1. The van der Waals surface area contributed by atoms with Gasteiger partial charge in [0.1, 0.15) is 11.0 Å². The van der Waals surface area contributed by atoms with E-state index in [1.807, 2.05) is 31.2 Å². The minimum Gasteiger partial charge on any atom is -0.342 e. The molecule has 0 bridgehead atoms. The van der Waals surface area contributed by atoms with Gasteiger partial charge in [0.05, 0.1) is 23.0 Å². The number of rotatable bonds is 11. The van der Waals surface area contributed by atoms with Crippen LogP contribution in [0.5, 0.6) is 0 Å². The molecule has 0 radical (unpaired) electrons. The summed E-state index contributed by atoms with van der Waals surface area (Å²) in [5.74, 6) is -2.05. The van der Waals surface area contributed by atoms with Crippen molar-refractivity contribution in [3.63, 3.8) is 0 Å². The Balaban J connectivity index is 1.78. The summed E-state index contributed by atoms with van der Waals surface area (Å²) in [5.41, 5.74) is -1.30. The molecule has 0 saturated carbocycles. The molecule has 1 aromatic rings. The predicted octanol–water partition coefficient (Wildman–Crippen LogP) is 4.51. The average molecular weight is 648 g/mol. The molecule has 9 nitrogen and oxygen atoms in total. The fraction of sp³-hybridized carbons (Fsp3) is 0.531. The third-order valence-electron chi connectivity index (χ3n) is 8.63. The van der Waals surface area contributed by atoms with E-state index >= 15 is 0 Å². The van der Waals surface area contributed by atoms with Crippen molar-refractivity contribution in [1.29, 1.82) is 10.7 Å². The Morgan fingerprint density at radius 3 is 2.47 bits per heavy atom. The first-order chi connectivity index (χ1) is 21.3. The molecule has 3 amide bonds. The molecule has 2 fully saturated rings. The van der Waals surface area contributed by atoms with Gasteiger partial charge in [-0.3, -0.25) is 19.1 Å². The molecule has 244 valence electrons. The number of allylic oxidation sites excluding steroid dienone is 1. The first-order valence-corrected chi connectivity index (χ1v) is 16.5. The predicted molar refractivity (Wildman–Crippen MR) is 165 cm³/mol. The van der Waals surface area contributed by atoms with E-state index in [-0.39, 0.29) is 37.9 Å². The number of nitrogens with zero attached hydrogens (tertiary/aromatic N) is 3. The number of likely N-dealkylation sites (tertiary alicyclic amines) is 2. The first-order valence-electron chi connectivity index (χ1n) is 15.0.